The number of nitrogens with two attached hydrogens (primary N) is 1. The Morgan fingerprint density at radius 3 is 2.68 bits per heavy atom. The fourth-order valence-corrected chi connectivity index (χ4v) is 4.12. The summed E-state index contributed by atoms with van der Waals surface area (Å²) < 4.78 is 27.1. The summed E-state index contributed by atoms with van der Waals surface area (Å²) in [4.78, 5) is 35.7. The molecule has 0 unspecified atom stereocenters. The van der Waals surface area contributed by atoms with E-state index in [-0.39, 0.29) is 54.0 Å². The number of nitrogens with one attached hydrogen (secondary N) is 3. The van der Waals surface area contributed by atoms with Crippen molar-refractivity contribution in [3.63, 3.8) is 0 Å². The molecule has 2 aliphatic heterocycles. The molecule has 0 bridgehead atoms. The second kappa shape index (κ2) is 7.53. The van der Waals surface area contributed by atoms with Gasteiger partial charge >= 0.3 is 0 Å². The van der Waals surface area contributed by atoms with Gasteiger partial charge in [0.15, 0.2) is 0 Å². The van der Waals surface area contributed by atoms with Crippen LogP contribution in [-0.2, 0) is 14.4 Å². The van der Waals surface area contributed by atoms with E-state index in [4.69, 9.17) is 5.73 Å². The molecule has 3 fully saturated rings. The Bertz CT molecular complexity index is 563. The highest BCUT2D eigenvalue weighted by Gasteiger charge is 2.53. The molecule has 3 amide bonds. The Hall–Kier alpha value is -1.29. The van der Waals surface area contributed by atoms with Crippen LogP contribution in [0.5, 0.6) is 0 Å². The molecule has 142 valence electrons. The predicted molar refractivity (Wildman–Crippen MR) is 90.1 cm³/mol. The highest BCUT2D eigenvalue weighted by molar-refractivity contribution is 8.93. The summed E-state index contributed by atoms with van der Waals surface area (Å²) in [6.45, 7) is 0.899. The molecule has 1 saturated carbocycles. The molecular formula is C15H23BrF2N4O3. The average Bonchev–Trinajstić information content (AvgIpc) is 3.12. The fourth-order valence-electron chi connectivity index (χ4n) is 4.12. The quantitative estimate of drug-likeness (QED) is 0.484. The number of carbonyl (C=O) groups excluding carboxylic acids is 3. The zero-order chi connectivity index (χ0) is 17.5. The third-order valence-electron chi connectivity index (χ3n) is 5.35. The Kier molecular flexibility index (Phi) is 6.03. The first-order valence-electron chi connectivity index (χ1n) is 8.25. The van der Waals surface area contributed by atoms with Crippen LogP contribution >= 0.6 is 17.0 Å². The van der Waals surface area contributed by atoms with Gasteiger partial charge in [0, 0.05) is 25.3 Å². The van der Waals surface area contributed by atoms with Gasteiger partial charge in [0.05, 0.1) is 6.04 Å². The normalized spacial score (nSPS) is 33.9. The number of halogens is 3. The highest BCUT2D eigenvalue weighted by atomic mass is 79.9. The van der Waals surface area contributed by atoms with Gasteiger partial charge in [-0.2, -0.15) is 0 Å². The van der Waals surface area contributed by atoms with Gasteiger partial charge in [-0.1, -0.05) is 0 Å². The van der Waals surface area contributed by atoms with Crippen LogP contribution in [0, 0.1) is 17.8 Å². The lowest BCUT2D eigenvalue weighted by Gasteiger charge is -2.23. The third kappa shape index (κ3) is 4.28. The summed E-state index contributed by atoms with van der Waals surface area (Å²) in [5.41, 5.74) is 5.33. The van der Waals surface area contributed by atoms with E-state index >= 15 is 0 Å². The maximum Gasteiger partial charge on any atom is 0.248 e. The van der Waals surface area contributed by atoms with E-state index in [1.165, 1.54) is 0 Å². The Morgan fingerprint density at radius 1 is 1.36 bits per heavy atom. The van der Waals surface area contributed by atoms with E-state index in [1.54, 1.807) is 0 Å². The van der Waals surface area contributed by atoms with Crippen molar-refractivity contribution in [2.45, 2.75) is 43.7 Å². The monoisotopic (exact) mass is 424 g/mol. The van der Waals surface area contributed by atoms with Crippen LogP contribution in [0.4, 0.5) is 8.78 Å². The van der Waals surface area contributed by atoms with Crippen LogP contribution in [0.15, 0.2) is 0 Å². The van der Waals surface area contributed by atoms with Gasteiger partial charge in [-0.15, -0.1) is 17.0 Å². The largest absolute Gasteiger partial charge is 0.368 e. The molecule has 1 aliphatic carbocycles. The highest BCUT2D eigenvalue weighted by Crippen LogP contribution is 2.46. The Balaban J connectivity index is 0.00000225. The van der Waals surface area contributed by atoms with Crippen molar-refractivity contribution >= 4 is 34.7 Å². The molecule has 5 N–H and O–H groups in total. The lowest BCUT2D eigenvalue weighted by Crippen LogP contribution is -2.52. The van der Waals surface area contributed by atoms with E-state index in [0.717, 1.165) is 0 Å². The molecule has 25 heavy (non-hydrogen) atoms. The van der Waals surface area contributed by atoms with E-state index in [9.17, 15) is 23.2 Å². The third-order valence-corrected chi connectivity index (χ3v) is 5.35. The minimum Gasteiger partial charge on any atom is -0.368 e. The van der Waals surface area contributed by atoms with Crippen molar-refractivity contribution in [1.82, 2.24) is 16.0 Å². The molecule has 0 aromatic heterocycles. The first-order chi connectivity index (χ1) is 11.3. The van der Waals surface area contributed by atoms with Gasteiger partial charge in [-0.05, 0) is 31.2 Å². The van der Waals surface area contributed by atoms with E-state index in [2.05, 4.69) is 16.0 Å². The predicted octanol–water partition coefficient (Wildman–Crippen LogP) is -0.306. The lowest BCUT2D eigenvalue weighted by atomic mass is 9.92. The second-order valence-electron chi connectivity index (χ2n) is 7.05. The van der Waals surface area contributed by atoms with E-state index < -0.39 is 35.7 Å². The summed E-state index contributed by atoms with van der Waals surface area (Å²) in [5.74, 6) is -5.17. The van der Waals surface area contributed by atoms with E-state index in [1.807, 2.05) is 0 Å². The molecule has 0 spiro atoms. The number of alkyl halides is 2. The van der Waals surface area contributed by atoms with Gasteiger partial charge in [0.25, 0.3) is 0 Å². The van der Waals surface area contributed by atoms with Gasteiger partial charge in [0.2, 0.25) is 23.6 Å². The number of hydrogen-bond donors (Lipinski definition) is 4. The fraction of sp³-hybridized carbons (Fsp3) is 0.800. The molecule has 3 aliphatic rings. The number of carbonyl (C=O) groups is 3. The van der Waals surface area contributed by atoms with E-state index in [0.29, 0.717) is 19.5 Å². The minimum absolute atomic E-state index is 0. The second-order valence-corrected chi connectivity index (χ2v) is 7.05. The van der Waals surface area contributed by atoms with Gasteiger partial charge in [0.1, 0.15) is 6.04 Å². The number of fused-ring (bicyclic) bond motifs is 1. The van der Waals surface area contributed by atoms with Crippen LogP contribution in [0.25, 0.3) is 0 Å². The van der Waals surface area contributed by atoms with Crippen LogP contribution in [-0.4, -0.2) is 48.8 Å². The lowest BCUT2D eigenvalue weighted by molar-refractivity contribution is -0.130. The molecule has 0 aromatic carbocycles. The molecule has 10 heteroatoms. The maximum atomic E-state index is 13.5. The molecule has 2 saturated heterocycles. The molecule has 0 aromatic rings. The zero-order valence-electron chi connectivity index (χ0n) is 13.6. The first-order valence-corrected chi connectivity index (χ1v) is 8.25. The van der Waals surface area contributed by atoms with Gasteiger partial charge in [-0.25, -0.2) is 8.78 Å². The SMILES string of the molecule is Br.NC(=O)[C@H](C[C@@H]1CCNC1=O)NC(=O)[C@H]1NC[C@@H]2CC(F)(F)C[C@@H]21. The molecule has 5 atom stereocenters. The number of amides is 3. The zero-order valence-corrected chi connectivity index (χ0v) is 15.3. The number of hydrogen-bond acceptors (Lipinski definition) is 4. The molecule has 2 heterocycles. The van der Waals surface area contributed by atoms with Crippen LogP contribution in [0.2, 0.25) is 0 Å². The smallest absolute Gasteiger partial charge is 0.248 e. The summed E-state index contributed by atoms with van der Waals surface area (Å²) >= 11 is 0. The summed E-state index contributed by atoms with van der Waals surface area (Å²) in [6, 6.07) is -1.73. The van der Waals surface area contributed by atoms with Crippen molar-refractivity contribution in [3.05, 3.63) is 0 Å². The Labute approximate surface area is 154 Å². The molecule has 7 nitrogen and oxygen atoms in total. The molecule has 0 radical (unpaired) electrons. The Morgan fingerprint density at radius 2 is 2.08 bits per heavy atom. The van der Waals surface area contributed by atoms with Crippen molar-refractivity contribution in [1.29, 1.82) is 0 Å². The first kappa shape index (κ1) is 20.0. The molecule has 3 rings (SSSR count). The van der Waals surface area contributed by atoms with Gasteiger partial charge in [-0.3, -0.25) is 14.4 Å². The number of rotatable bonds is 5. The van der Waals surface area contributed by atoms with Crippen LogP contribution in [0.3, 0.4) is 0 Å². The van der Waals surface area contributed by atoms with Crippen LogP contribution in [0.1, 0.15) is 25.7 Å². The maximum absolute atomic E-state index is 13.5. The van der Waals surface area contributed by atoms with Gasteiger partial charge < -0.3 is 21.7 Å². The van der Waals surface area contributed by atoms with Crippen molar-refractivity contribution < 1.29 is 23.2 Å². The van der Waals surface area contributed by atoms with Crippen molar-refractivity contribution in [2.75, 3.05) is 13.1 Å². The molecular weight excluding hydrogens is 402 g/mol. The average molecular weight is 425 g/mol. The topological polar surface area (TPSA) is 113 Å². The number of primary amides is 1. The summed E-state index contributed by atoms with van der Waals surface area (Å²) in [5, 5.41) is 8.17. The minimum atomic E-state index is -2.74. The standard InChI is InChI=1S/C15H22F2N4O3.BrH/c16-15(17)4-8-6-20-11(9(8)5-15)14(24)21-10(12(18)22)3-7-1-2-19-13(7)23;/h7-11,20H,1-6H2,(H2,18,22)(H,19,23)(H,21,24);1H/t7-,8-,9-,10-,11-;/m0./s1. The summed E-state index contributed by atoms with van der Waals surface area (Å²) in [7, 11) is 0. The summed E-state index contributed by atoms with van der Waals surface area (Å²) in [6.07, 6.45) is 0.173. The van der Waals surface area contributed by atoms with Crippen molar-refractivity contribution in [3.8, 4) is 0 Å². The van der Waals surface area contributed by atoms with Crippen LogP contribution < -0.4 is 21.7 Å². The van der Waals surface area contributed by atoms with Crippen molar-refractivity contribution in [2.24, 2.45) is 23.5 Å².